The van der Waals surface area contributed by atoms with Crippen molar-refractivity contribution in [1.82, 2.24) is 10.2 Å². The Kier molecular flexibility index (Phi) is 5.73. The number of hydrogen-bond acceptors (Lipinski definition) is 3. The molecule has 5 heteroatoms. The molecule has 1 heterocycles. The molecule has 3 nitrogen and oxygen atoms in total. The Hall–Kier alpha value is -0.740. The summed E-state index contributed by atoms with van der Waals surface area (Å²) >= 11 is 12.1. The standard InChI is InChI=1S/C15H20Cl2N2O/c1-3-19(2)10-15-12(9-18-6-7-20-15)11-4-5-13(16)14(17)8-11/h3-5,8,12,15,18H,1,6-7,9-10H2,2H3. The molecule has 1 saturated heterocycles. The van der Waals surface area contributed by atoms with Gasteiger partial charge in [-0.2, -0.15) is 0 Å². The van der Waals surface area contributed by atoms with E-state index in [1.807, 2.05) is 36.3 Å². The minimum absolute atomic E-state index is 0.102. The summed E-state index contributed by atoms with van der Waals surface area (Å²) < 4.78 is 5.98. The van der Waals surface area contributed by atoms with Crippen LogP contribution in [0.3, 0.4) is 0 Å². The lowest BCUT2D eigenvalue weighted by Gasteiger charge is -2.28. The van der Waals surface area contributed by atoms with E-state index < -0.39 is 0 Å². The first-order valence-electron chi connectivity index (χ1n) is 6.72. The van der Waals surface area contributed by atoms with E-state index in [1.165, 1.54) is 0 Å². The van der Waals surface area contributed by atoms with Crippen molar-refractivity contribution in [2.24, 2.45) is 0 Å². The zero-order chi connectivity index (χ0) is 14.5. The monoisotopic (exact) mass is 314 g/mol. The van der Waals surface area contributed by atoms with Gasteiger partial charge in [-0.1, -0.05) is 35.8 Å². The summed E-state index contributed by atoms with van der Waals surface area (Å²) in [4.78, 5) is 2.04. The Balaban J connectivity index is 2.22. The van der Waals surface area contributed by atoms with Gasteiger partial charge in [-0.3, -0.25) is 0 Å². The van der Waals surface area contributed by atoms with E-state index in [0.717, 1.165) is 25.2 Å². The number of nitrogens with one attached hydrogen (secondary N) is 1. The fourth-order valence-electron chi connectivity index (χ4n) is 2.40. The largest absolute Gasteiger partial charge is 0.378 e. The highest BCUT2D eigenvalue weighted by Gasteiger charge is 2.27. The average Bonchev–Trinajstić information content (AvgIpc) is 2.67. The quantitative estimate of drug-likeness (QED) is 0.924. The van der Waals surface area contributed by atoms with Crippen LogP contribution in [0.2, 0.25) is 10.0 Å². The highest BCUT2D eigenvalue weighted by atomic mass is 35.5. The first-order chi connectivity index (χ1) is 9.61. The van der Waals surface area contributed by atoms with Gasteiger partial charge in [0, 0.05) is 32.6 Å². The molecule has 1 fully saturated rings. The van der Waals surface area contributed by atoms with Crippen LogP contribution in [-0.4, -0.2) is 44.3 Å². The zero-order valence-corrected chi connectivity index (χ0v) is 13.1. The van der Waals surface area contributed by atoms with E-state index in [9.17, 15) is 0 Å². The molecule has 0 saturated carbocycles. The van der Waals surface area contributed by atoms with Crippen LogP contribution in [-0.2, 0) is 4.74 Å². The molecule has 0 aromatic heterocycles. The normalized spacial score (nSPS) is 23.1. The van der Waals surface area contributed by atoms with Crippen molar-refractivity contribution >= 4 is 23.2 Å². The van der Waals surface area contributed by atoms with Gasteiger partial charge in [0.05, 0.1) is 22.8 Å². The molecule has 0 amide bonds. The highest BCUT2D eigenvalue weighted by Crippen LogP contribution is 2.29. The molecular formula is C15H20Cl2N2O. The predicted molar refractivity (Wildman–Crippen MR) is 84.6 cm³/mol. The Morgan fingerprint density at radius 2 is 2.25 bits per heavy atom. The van der Waals surface area contributed by atoms with Crippen LogP contribution < -0.4 is 5.32 Å². The Morgan fingerprint density at radius 1 is 1.45 bits per heavy atom. The van der Waals surface area contributed by atoms with E-state index >= 15 is 0 Å². The molecule has 2 rings (SSSR count). The molecule has 0 aliphatic carbocycles. The molecule has 110 valence electrons. The van der Waals surface area contributed by atoms with E-state index in [0.29, 0.717) is 16.7 Å². The summed E-state index contributed by atoms with van der Waals surface area (Å²) in [6.07, 6.45) is 1.92. The van der Waals surface area contributed by atoms with E-state index in [1.54, 1.807) is 0 Å². The molecule has 1 aromatic carbocycles. The SMILES string of the molecule is C=CN(C)CC1OCCNCC1c1ccc(Cl)c(Cl)c1. The minimum atomic E-state index is 0.102. The molecule has 1 aliphatic heterocycles. The Bertz CT molecular complexity index is 467. The van der Waals surface area contributed by atoms with Gasteiger partial charge in [0.25, 0.3) is 0 Å². The second kappa shape index (κ2) is 7.32. The molecule has 0 radical (unpaired) electrons. The van der Waals surface area contributed by atoms with Crippen LogP contribution in [0.5, 0.6) is 0 Å². The van der Waals surface area contributed by atoms with Crippen LogP contribution in [0.25, 0.3) is 0 Å². The maximum Gasteiger partial charge on any atom is 0.0830 e. The Labute approximate surface area is 130 Å². The molecule has 2 atom stereocenters. The van der Waals surface area contributed by atoms with E-state index in [-0.39, 0.29) is 12.0 Å². The number of nitrogens with zero attached hydrogens (tertiary/aromatic N) is 1. The van der Waals surface area contributed by atoms with Crippen LogP contribution >= 0.6 is 23.2 Å². The molecule has 1 aliphatic rings. The van der Waals surface area contributed by atoms with Crippen molar-refractivity contribution < 1.29 is 4.74 Å². The van der Waals surface area contributed by atoms with Gasteiger partial charge < -0.3 is 15.0 Å². The smallest absolute Gasteiger partial charge is 0.0830 e. The number of benzene rings is 1. The van der Waals surface area contributed by atoms with Crippen molar-refractivity contribution in [2.45, 2.75) is 12.0 Å². The molecule has 2 unspecified atom stereocenters. The van der Waals surface area contributed by atoms with Gasteiger partial charge in [-0.05, 0) is 23.9 Å². The van der Waals surface area contributed by atoms with Gasteiger partial charge in [0.2, 0.25) is 0 Å². The summed E-state index contributed by atoms with van der Waals surface area (Å²) in [6.45, 7) is 7.04. The lowest BCUT2D eigenvalue weighted by Crippen LogP contribution is -2.34. The van der Waals surface area contributed by atoms with Crippen LogP contribution in [0.1, 0.15) is 11.5 Å². The first kappa shape index (κ1) is 15.6. The van der Waals surface area contributed by atoms with Crippen molar-refractivity contribution in [2.75, 3.05) is 33.3 Å². The zero-order valence-electron chi connectivity index (χ0n) is 11.6. The number of likely N-dealkylation sites (N-methyl/N-ethyl adjacent to an activating group) is 1. The summed E-state index contributed by atoms with van der Waals surface area (Å²) in [5.74, 6) is 0.245. The predicted octanol–water partition coefficient (Wildman–Crippen LogP) is 3.14. The average molecular weight is 315 g/mol. The minimum Gasteiger partial charge on any atom is -0.378 e. The maximum absolute atomic E-state index is 6.13. The van der Waals surface area contributed by atoms with E-state index in [2.05, 4.69) is 11.9 Å². The molecule has 0 spiro atoms. The second-order valence-corrected chi connectivity index (χ2v) is 5.83. The van der Waals surface area contributed by atoms with E-state index in [4.69, 9.17) is 27.9 Å². The Morgan fingerprint density at radius 3 is 2.95 bits per heavy atom. The third-order valence-electron chi connectivity index (χ3n) is 3.58. The van der Waals surface area contributed by atoms with Crippen molar-refractivity contribution in [3.8, 4) is 0 Å². The third kappa shape index (κ3) is 3.89. The van der Waals surface area contributed by atoms with Gasteiger partial charge >= 0.3 is 0 Å². The number of rotatable bonds is 4. The fourth-order valence-corrected chi connectivity index (χ4v) is 2.71. The number of halogens is 2. The topological polar surface area (TPSA) is 24.5 Å². The van der Waals surface area contributed by atoms with Crippen molar-refractivity contribution in [1.29, 1.82) is 0 Å². The molecular weight excluding hydrogens is 295 g/mol. The van der Waals surface area contributed by atoms with Crippen molar-refractivity contribution in [3.63, 3.8) is 0 Å². The molecule has 1 aromatic rings. The fraction of sp³-hybridized carbons (Fsp3) is 0.467. The van der Waals surface area contributed by atoms with Gasteiger partial charge in [-0.15, -0.1) is 0 Å². The second-order valence-electron chi connectivity index (χ2n) is 5.02. The maximum atomic E-state index is 6.13. The number of ether oxygens (including phenoxy) is 1. The lowest BCUT2D eigenvalue weighted by molar-refractivity contribution is 0.0375. The lowest BCUT2D eigenvalue weighted by atomic mass is 9.93. The van der Waals surface area contributed by atoms with Gasteiger partial charge in [0.1, 0.15) is 0 Å². The van der Waals surface area contributed by atoms with Gasteiger partial charge in [-0.25, -0.2) is 0 Å². The molecule has 0 bridgehead atoms. The highest BCUT2D eigenvalue weighted by molar-refractivity contribution is 6.42. The number of hydrogen-bond donors (Lipinski definition) is 1. The third-order valence-corrected chi connectivity index (χ3v) is 4.31. The summed E-state index contributed by atoms with van der Waals surface area (Å²) in [5.41, 5.74) is 1.15. The van der Waals surface area contributed by atoms with Crippen molar-refractivity contribution in [3.05, 3.63) is 46.6 Å². The summed E-state index contributed by atoms with van der Waals surface area (Å²) in [7, 11) is 2.00. The molecule has 1 N–H and O–H groups in total. The van der Waals surface area contributed by atoms with Crippen LogP contribution in [0.4, 0.5) is 0 Å². The van der Waals surface area contributed by atoms with Crippen LogP contribution in [0.15, 0.2) is 31.0 Å². The first-order valence-corrected chi connectivity index (χ1v) is 7.47. The summed E-state index contributed by atoms with van der Waals surface area (Å²) in [6, 6.07) is 5.81. The molecule has 20 heavy (non-hydrogen) atoms. The van der Waals surface area contributed by atoms with Gasteiger partial charge in [0.15, 0.2) is 0 Å². The summed E-state index contributed by atoms with van der Waals surface area (Å²) in [5, 5.41) is 4.57. The van der Waals surface area contributed by atoms with Crippen LogP contribution in [0, 0.1) is 0 Å².